The van der Waals surface area contributed by atoms with Crippen LogP contribution in [0.4, 0.5) is 13.2 Å². The summed E-state index contributed by atoms with van der Waals surface area (Å²) in [5.41, 5.74) is -1.44. The number of alkyl halides is 3. The van der Waals surface area contributed by atoms with E-state index in [2.05, 4.69) is 0 Å². The Morgan fingerprint density at radius 2 is 1.88 bits per heavy atom. The summed E-state index contributed by atoms with van der Waals surface area (Å²) in [6, 6.07) is 4.93. The number of ketones is 1. The summed E-state index contributed by atoms with van der Waals surface area (Å²) in [7, 11) is 0. The zero-order valence-electron chi connectivity index (χ0n) is 8.30. The zero-order valence-corrected chi connectivity index (χ0v) is 8.30. The van der Waals surface area contributed by atoms with Crippen molar-refractivity contribution >= 4 is 17.2 Å². The topological polar surface area (TPSA) is 39.4 Å². The molecule has 0 unspecified atom stereocenters. The van der Waals surface area contributed by atoms with Crippen LogP contribution < -0.4 is 0 Å². The van der Waals surface area contributed by atoms with Crippen LogP contribution in [0.25, 0.3) is 11.0 Å². The zero-order chi connectivity index (χ0) is 12.3. The van der Waals surface area contributed by atoms with Crippen LogP contribution >= 0.6 is 0 Å². The number of hydrogen-bond acceptors (Lipinski definition) is 1. The molecule has 5 heteroatoms. The Kier molecular flexibility index (Phi) is 3.30. The minimum absolute atomic E-state index is 0.148. The second kappa shape index (κ2) is 4.33. The fraction of sp³-hybridized carbons (Fsp3) is 0.182. The molecule has 2 nitrogen and oxygen atoms in total. The molecule has 0 fully saturated rings. The molecule has 0 spiro atoms. The highest BCUT2D eigenvalue weighted by molar-refractivity contribution is 5.98. The van der Waals surface area contributed by atoms with Gasteiger partial charge in [0, 0.05) is 5.56 Å². The summed E-state index contributed by atoms with van der Waals surface area (Å²) in [5.74, 6) is 0.759. The second-order valence-corrected chi connectivity index (χ2v) is 3.12. The van der Waals surface area contributed by atoms with Gasteiger partial charge in [0.25, 0.3) is 0 Å². The maximum absolute atomic E-state index is 12.4. The van der Waals surface area contributed by atoms with Crippen molar-refractivity contribution in [2.45, 2.75) is 13.1 Å². The van der Waals surface area contributed by atoms with Gasteiger partial charge in [-0.2, -0.15) is 13.2 Å². The molecule has 1 aromatic rings. The average Bonchev–Trinajstić information content (AvgIpc) is 2.17. The number of carbonyl (C=O) groups is 1. The van der Waals surface area contributed by atoms with Crippen molar-refractivity contribution < 1.29 is 18.0 Å². The number of rotatable bonds is 2. The van der Waals surface area contributed by atoms with Crippen LogP contribution in [0, 0.1) is 0 Å². The van der Waals surface area contributed by atoms with E-state index in [-0.39, 0.29) is 16.9 Å². The van der Waals surface area contributed by atoms with E-state index < -0.39 is 11.7 Å². The largest absolute Gasteiger partial charge is 0.763 e. The fourth-order valence-electron chi connectivity index (χ4n) is 1.19. The number of allylic oxidation sites excluding steroid dienone is 1. The Hall–Kier alpha value is -1.87. The van der Waals surface area contributed by atoms with E-state index in [1.807, 2.05) is 0 Å². The summed E-state index contributed by atoms with van der Waals surface area (Å²) >= 11 is 0. The number of halogens is 3. The van der Waals surface area contributed by atoms with Crippen molar-refractivity contribution in [2.24, 2.45) is 0 Å². The molecule has 0 radical (unpaired) electrons. The molecular formula is C11H7F3NO-. The molecule has 0 saturated heterocycles. The third kappa shape index (κ3) is 2.58. The Bertz CT molecular complexity index is 470. The van der Waals surface area contributed by atoms with Crippen molar-refractivity contribution in [3.8, 4) is 0 Å². The molecule has 16 heavy (non-hydrogen) atoms. The molecule has 1 rings (SSSR count). The van der Waals surface area contributed by atoms with Crippen LogP contribution in [0.1, 0.15) is 22.8 Å². The first kappa shape index (κ1) is 12.2. The second-order valence-electron chi connectivity index (χ2n) is 3.12. The fourth-order valence-corrected chi connectivity index (χ4v) is 1.19. The SMILES string of the molecule is CC(=O)c1cccc(C(=C=[N-])C(F)(F)F)c1. The molecule has 0 aromatic heterocycles. The number of hydrogen-bond donors (Lipinski definition) is 0. The molecule has 0 amide bonds. The lowest BCUT2D eigenvalue weighted by atomic mass is 10.0. The standard InChI is InChI=1S/C11H7F3NO/c1-7(16)8-3-2-4-9(5-8)10(6-15)11(12,13)14/h2-5H,1H3/q-1. The van der Waals surface area contributed by atoms with Crippen molar-refractivity contribution in [1.82, 2.24) is 0 Å². The van der Waals surface area contributed by atoms with Gasteiger partial charge in [0.05, 0.1) is 5.57 Å². The number of carbonyl (C=O) groups excluding carboxylic acids is 1. The van der Waals surface area contributed by atoms with E-state index in [1.165, 1.54) is 19.1 Å². The van der Waals surface area contributed by atoms with Crippen molar-refractivity contribution in [1.29, 1.82) is 0 Å². The van der Waals surface area contributed by atoms with E-state index in [1.54, 1.807) is 0 Å². The molecule has 0 bridgehead atoms. The predicted molar refractivity (Wildman–Crippen MR) is 54.3 cm³/mol. The predicted octanol–water partition coefficient (Wildman–Crippen LogP) is 3.07. The van der Waals surface area contributed by atoms with Crippen LogP contribution in [0.15, 0.2) is 24.3 Å². The molecule has 1 aromatic carbocycles. The first-order chi connectivity index (χ1) is 7.36. The molecule has 0 heterocycles. The normalized spacial score (nSPS) is 10.8. The smallest absolute Gasteiger partial charge is 0.422 e. The van der Waals surface area contributed by atoms with Gasteiger partial charge in [-0.3, -0.25) is 10.7 Å². The highest BCUT2D eigenvalue weighted by Crippen LogP contribution is 2.31. The van der Waals surface area contributed by atoms with Gasteiger partial charge < -0.3 is 5.41 Å². The van der Waals surface area contributed by atoms with E-state index in [0.29, 0.717) is 0 Å². The molecule has 0 aliphatic rings. The Labute approximate surface area is 89.9 Å². The van der Waals surface area contributed by atoms with Gasteiger partial charge in [-0.05, 0) is 18.6 Å². The summed E-state index contributed by atoms with van der Waals surface area (Å²) in [6.45, 7) is 1.25. The summed E-state index contributed by atoms with van der Waals surface area (Å²) in [6.07, 6.45) is -4.70. The van der Waals surface area contributed by atoms with Gasteiger partial charge in [-0.25, -0.2) is 0 Å². The first-order valence-electron chi connectivity index (χ1n) is 4.32. The monoisotopic (exact) mass is 226 g/mol. The van der Waals surface area contributed by atoms with Gasteiger partial charge in [0.1, 0.15) is 0 Å². The van der Waals surface area contributed by atoms with Gasteiger partial charge in [0.2, 0.25) is 0 Å². The Morgan fingerprint density at radius 3 is 2.31 bits per heavy atom. The van der Waals surface area contributed by atoms with Crippen molar-refractivity contribution in [3.63, 3.8) is 0 Å². The lowest BCUT2D eigenvalue weighted by Crippen LogP contribution is -2.11. The van der Waals surface area contributed by atoms with Crippen LogP contribution in [-0.2, 0) is 0 Å². The first-order valence-corrected chi connectivity index (χ1v) is 4.32. The van der Waals surface area contributed by atoms with Gasteiger partial charge in [0.15, 0.2) is 5.78 Å². The quantitative estimate of drug-likeness (QED) is 0.564. The van der Waals surface area contributed by atoms with Crippen LogP contribution in [0.3, 0.4) is 0 Å². The maximum Gasteiger partial charge on any atom is 0.422 e. The van der Waals surface area contributed by atoms with Gasteiger partial charge in [-0.1, -0.05) is 18.2 Å². The summed E-state index contributed by atoms with van der Waals surface area (Å²) < 4.78 is 37.2. The van der Waals surface area contributed by atoms with Gasteiger partial charge >= 0.3 is 6.18 Å². The van der Waals surface area contributed by atoms with Crippen LogP contribution in [0.2, 0.25) is 0 Å². The lowest BCUT2D eigenvalue weighted by molar-refractivity contribution is -0.0678. The average molecular weight is 226 g/mol. The minimum atomic E-state index is -4.70. The van der Waals surface area contributed by atoms with E-state index in [0.717, 1.165) is 18.0 Å². The lowest BCUT2D eigenvalue weighted by Gasteiger charge is -2.11. The van der Waals surface area contributed by atoms with E-state index >= 15 is 0 Å². The summed E-state index contributed by atoms with van der Waals surface area (Å²) in [4.78, 5) is 11.0. The Balaban J connectivity index is 3.29. The third-order valence-corrected chi connectivity index (χ3v) is 1.95. The molecule has 0 saturated carbocycles. The minimum Gasteiger partial charge on any atom is -0.763 e. The highest BCUT2D eigenvalue weighted by Gasteiger charge is 2.33. The molecule has 0 N–H and O–H groups in total. The maximum atomic E-state index is 12.4. The molecule has 0 atom stereocenters. The molecular weight excluding hydrogens is 219 g/mol. The highest BCUT2D eigenvalue weighted by atomic mass is 19.4. The number of Topliss-reactive ketones (excluding diaryl/α,β-unsaturated/α-hetero) is 1. The third-order valence-electron chi connectivity index (χ3n) is 1.95. The van der Waals surface area contributed by atoms with Crippen molar-refractivity contribution in [2.75, 3.05) is 0 Å². The van der Waals surface area contributed by atoms with E-state index in [4.69, 9.17) is 5.41 Å². The molecule has 0 aliphatic carbocycles. The number of nitrogens with zero attached hydrogens (tertiary/aromatic N) is 1. The number of benzene rings is 1. The van der Waals surface area contributed by atoms with E-state index in [9.17, 15) is 18.0 Å². The Morgan fingerprint density at radius 1 is 1.31 bits per heavy atom. The van der Waals surface area contributed by atoms with Gasteiger partial charge in [-0.15, -0.1) is 0 Å². The van der Waals surface area contributed by atoms with Crippen LogP contribution in [0.5, 0.6) is 0 Å². The molecule has 84 valence electrons. The molecule has 0 aliphatic heterocycles. The van der Waals surface area contributed by atoms with Crippen LogP contribution in [-0.4, -0.2) is 17.8 Å². The summed E-state index contributed by atoms with van der Waals surface area (Å²) in [5, 5.41) is 8.45. The van der Waals surface area contributed by atoms with Crippen molar-refractivity contribution in [3.05, 3.63) is 40.8 Å².